The van der Waals surface area contributed by atoms with E-state index in [4.69, 9.17) is 0 Å². The summed E-state index contributed by atoms with van der Waals surface area (Å²) in [6.45, 7) is 6.21. The highest BCUT2D eigenvalue weighted by atomic mass is 32.1. The second-order valence-electron chi connectivity index (χ2n) is 4.11. The Kier molecular flexibility index (Phi) is 6.11. The van der Waals surface area contributed by atoms with Crippen LogP contribution in [-0.2, 0) is 11.2 Å². The lowest BCUT2D eigenvalue weighted by atomic mass is 10.0. The highest BCUT2D eigenvalue weighted by Gasteiger charge is 2.15. The average Bonchev–Trinajstić information content (AvgIpc) is 2.75. The third-order valence-corrected chi connectivity index (χ3v) is 3.70. The molecule has 0 saturated carbocycles. The van der Waals surface area contributed by atoms with Gasteiger partial charge in [-0.05, 0) is 19.3 Å². The van der Waals surface area contributed by atoms with Gasteiger partial charge in [0.2, 0.25) is 11.0 Å². The maximum atomic E-state index is 11.8. The van der Waals surface area contributed by atoms with Crippen LogP contribution < -0.4 is 5.32 Å². The average molecular weight is 255 g/mol. The fourth-order valence-electron chi connectivity index (χ4n) is 1.60. The van der Waals surface area contributed by atoms with Crippen molar-refractivity contribution in [2.45, 2.75) is 52.9 Å². The first kappa shape index (κ1) is 14.1. The van der Waals surface area contributed by atoms with Crippen LogP contribution in [0.2, 0.25) is 0 Å². The monoisotopic (exact) mass is 255 g/mol. The summed E-state index contributed by atoms with van der Waals surface area (Å²) in [4.78, 5) is 11.8. The van der Waals surface area contributed by atoms with Crippen LogP contribution in [0.15, 0.2) is 0 Å². The lowest BCUT2D eigenvalue weighted by molar-refractivity contribution is -0.120. The van der Waals surface area contributed by atoms with Crippen molar-refractivity contribution in [3.8, 4) is 0 Å². The van der Waals surface area contributed by atoms with Crippen LogP contribution in [0.4, 0.5) is 5.13 Å². The standard InChI is InChI=1S/C12H21N3OS/c1-4-7-8-10-14-15-12(17-10)13-11(16)9(5-2)6-3/h9H,4-8H2,1-3H3,(H,13,15,16). The first-order valence-electron chi connectivity index (χ1n) is 6.34. The van der Waals surface area contributed by atoms with E-state index >= 15 is 0 Å². The van der Waals surface area contributed by atoms with E-state index in [0.717, 1.165) is 37.1 Å². The Morgan fingerprint density at radius 2 is 2.00 bits per heavy atom. The molecule has 1 amide bonds. The van der Waals surface area contributed by atoms with Crippen molar-refractivity contribution in [1.82, 2.24) is 10.2 Å². The number of hydrogen-bond acceptors (Lipinski definition) is 4. The van der Waals surface area contributed by atoms with Gasteiger partial charge in [-0.2, -0.15) is 0 Å². The summed E-state index contributed by atoms with van der Waals surface area (Å²) in [5.41, 5.74) is 0. The molecule has 0 atom stereocenters. The van der Waals surface area contributed by atoms with Crippen molar-refractivity contribution < 1.29 is 4.79 Å². The molecule has 17 heavy (non-hydrogen) atoms. The zero-order valence-electron chi connectivity index (χ0n) is 10.8. The van der Waals surface area contributed by atoms with E-state index in [1.165, 1.54) is 11.3 Å². The summed E-state index contributed by atoms with van der Waals surface area (Å²) in [5.74, 6) is 0.145. The summed E-state index contributed by atoms with van der Waals surface area (Å²) in [6.07, 6.45) is 4.95. The smallest absolute Gasteiger partial charge is 0.229 e. The number of carbonyl (C=O) groups is 1. The topological polar surface area (TPSA) is 54.9 Å². The van der Waals surface area contributed by atoms with Gasteiger partial charge < -0.3 is 5.32 Å². The van der Waals surface area contributed by atoms with Crippen molar-refractivity contribution in [1.29, 1.82) is 0 Å². The van der Waals surface area contributed by atoms with Gasteiger partial charge in [-0.3, -0.25) is 4.79 Å². The minimum atomic E-state index is 0.0631. The Bertz CT molecular complexity index is 347. The van der Waals surface area contributed by atoms with Gasteiger partial charge in [0.25, 0.3) is 0 Å². The molecule has 96 valence electrons. The van der Waals surface area contributed by atoms with E-state index in [9.17, 15) is 4.79 Å². The third kappa shape index (κ3) is 4.42. The predicted octanol–water partition coefficient (Wildman–Crippen LogP) is 3.26. The molecule has 0 aromatic carbocycles. The van der Waals surface area contributed by atoms with Crippen molar-refractivity contribution in [2.24, 2.45) is 5.92 Å². The molecule has 0 radical (unpaired) electrons. The molecular weight excluding hydrogens is 234 g/mol. The summed E-state index contributed by atoms with van der Waals surface area (Å²) in [7, 11) is 0. The van der Waals surface area contributed by atoms with Gasteiger partial charge in [-0.1, -0.05) is 38.5 Å². The van der Waals surface area contributed by atoms with Gasteiger partial charge in [0.05, 0.1) is 0 Å². The SMILES string of the molecule is CCCCc1nnc(NC(=O)C(CC)CC)s1. The predicted molar refractivity (Wildman–Crippen MR) is 71.2 cm³/mol. The number of aryl methyl sites for hydroxylation is 1. The zero-order valence-corrected chi connectivity index (χ0v) is 11.6. The normalized spacial score (nSPS) is 10.8. The number of amides is 1. The molecule has 1 aromatic rings. The maximum absolute atomic E-state index is 11.8. The van der Waals surface area contributed by atoms with Crippen molar-refractivity contribution in [3.63, 3.8) is 0 Å². The molecule has 0 unspecified atom stereocenters. The van der Waals surface area contributed by atoms with E-state index in [-0.39, 0.29) is 11.8 Å². The number of rotatable bonds is 7. The summed E-state index contributed by atoms with van der Waals surface area (Å²) in [5, 5.41) is 12.6. The maximum Gasteiger partial charge on any atom is 0.229 e. The Labute approximate surface area is 107 Å². The summed E-state index contributed by atoms with van der Waals surface area (Å²) < 4.78 is 0. The highest BCUT2D eigenvalue weighted by molar-refractivity contribution is 7.15. The quantitative estimate of drug-likeness (QED) is 0.813. The van der Waals surface area contributed by atoms with E-state index in [2.05, 4.69) is 22.4 Å². The molecule has 4 nitrogen and oxygen atoms in total. The second kappa shape index (κ2) is 7.37. The molecular formula is C12H21N3OS. The Hall–Kier alpha value is -0.970. The second-order valence-corrected chi connectivity index (χ2v) is 5.17. The number of aromatic nitrogens is 2. The van der Waals surface area contributed by atoms with Crippen LogP contribution in [0.5, 0.6) is 0 Å². The molecule has 1 heterocycles. The number of anilines is 1. The van der Waals surface area contributed by atoms with Crippen LogP contribution in [0.1, 0.15) is 51.5 Å². The lowest BCUT2D eigenvalue weighted by Gasteiger charge is -2.09. The molecule has 0 aliphatic rings. The minimum Gasteiger partial charge on any atom is -0.300 e. The fraction of sp³-hybridized carbons (Fsp3) is 0.750. The Morgan fingerprint density at radius 3 is 2.59 bits per heavy atom. The van der Waals surface area contributed by atoms with Crippen LogP contribution in [0.25, 0.3) is 0 Å². The molecule has 0 saturated heterocycles. The number of hydrogen-bond donors (Lipinski definition) is 1. The van der Waals surface area contributed by atoms with Gasteiger partial charge in [-0.25, -0.2) is 0 Å². The van der Waals surface area contributed by atoms with Crippen LogP contribution in [0.3, 0.4) is 0 Å². The highest BCUT2D eigenvalue weighted by Crippen LogP contribution is 2.19. The third-order valence-electron chi connectivity index (χ3n) is 2.80. The van der Waals surface area contributed by atoms with E-state index in [0.29, 0.717) is 5.13 Å². The van der Waals surface area contributed by atoms with Crippen LogP contribution in [-0.4, -0.2) is 16.1 Å². The Morgan fingerprint density at radius 1 is 1.29 bits per heavy atom. The van der Waals surface area contributed by atoms with Crippen molar-refractivity contribution in [2.75, 3.05) is 5.32 Å². The van der Waals surface area contributed by atoms with Crippen molar-refractivity contribution in [3.05, 3.63) is 5.01 Å². The van der Waals surface area contributed by atoms with Crippen molar-refractivity contribution >= 4 is 22.4 Å². The van der Waals surface area contributed by atoms with Gasteiger partial charge >= 0.3 is 0 Å². The number of nitrogens with one attached hydrogen (secondary N) is 1. The number of unbranched alkanes of at least 4 members (excludes halogenated alkanes) is 1. The molecule has 0 aliphatic heterocycles. The molecule has 1 rings (SSSR count). The number of carbonyl (C=O) groups excluding carboxylic acids is 1. The summed E-state index contributed by atoms with van der Waals surface area (Å²) >= 11 is 1.49. The van der Waals surface area contributed by atoms with E-state index in [1.807, 2.05) is 13.8 Å². The number of nitrogens with zero attached hydrogens (tertiary/aromatic N) is 2. The minimum absolute atomic E-state index is 0.0631. The largest absolute Gasteiger partial charge is 0.300 e. The first-order valence-corrected chi connectivity index (χ1v) is 7.16. The zero-order chi connectivity index (χ0) is 12.7. The Balaban J connectivity index is 2.51. The molecule has 0 aliphatic carbocycles. The van der Waals surface area contributed by atoms with E-state index < -0.39 is 0 Å². The van der Waals surface area contributed by atoms with Crippen LogP contribution >= 0.6 is 11.3 Å². The van der Waals surface area contributed by atoms with Gasteiger partial charge in [0, 0.05) is 12.3 Å². The molecule has 0 spiro atoms. The fourth-order valence-corrected chi connectivity index (χ4v) is 2.38. The van der Waals surface area contributed by atoms with Gasteiger partial charge in [0.1, 0.15) is 5.01 Å². The van der Waals surface area contributed by atoms with Crippen LogP contribution in [0, 0.1) is 5.92 Å². The van der Waals surface area contributed by atoms with Gasteiger partial charge in [-0.15, -0.1) is 10.2 Å². The molecule has 0 fully saturated rings. The molecule has 0 bridgehead atoms. The van der Waals surface area contributed by atoms with Gasteiger partial charge in [0.15, 0.2) is 0 Å². The summed E-state index contributed by atoms with van der Waals surface area (Å²) in [6, 6.07) is 0. The molecule has 5 heteroatoms. The lowest BCUT2D eigenvalue weighted by Crippen LogP contribution is -2.21. The molecule has 1 N–H and O–H groups in total. The first-order chi connectivity index (χ1) is 8.21. The van der Waals surface area contributed by atoms with E-state index in [1.54, 1.807) is 0 Å². The molecule has 1 aromatic heterocycles.